The third-order valence-electron chi connectivity index (χ3n) is 2.94. The van der Waals surface area contributed by atoms with Crippen molar-refractivity contribution >= 4 is 0 Å². The highest BCUT2D eigenvalue weighted by Gasteiger charge is 1.92. The second kappa shape index (κ2) is 9.54. The second-order valence-electron chi connectivity index (χ2n) is 4.80. The van der Waals surface area contributed by atoms with Crippen molar-refractivity contribution in [3.63, 3.8) is 0 Å². The van der Waals surface area contributed by atoms with E-state index in [9.17, 15) is 0 Å². The molecule has 0 heterocycles. The van der Waals surface area contributed by atoms with Gasteiger partial charge in [-0.1, -0.05) is 53.6 Å². The van der Waals surface area contributed by atoms with Crippen LogP contribution in [0.25, 0.3) is 0 Å². The van der Waals surface area contributed by atoms with Crippen LogP contribution in [-0.4, -0.2) is 18.3 Å². The van der Waals surface area contributed by atoms with Crippen LogP contribution >= 0.6 is 0 Å². The van der Waals surface area contributed by atoms with E-state index in [0.717, 1.165) is 18.4 Å². The van der Waals surface area contributed by atoms with Crippen molar-refractivity contribution in [1.29, 1.82) is 0 Å². The highest BCUT2D eigenvalue weighted by atomic mass is 16.5. The Kier molecular flexibility index (Phi) is 7.87. The number of hydrogen-bond donors (Lipinski definition) is 1. The lowest BCUT2D eigenvalue weighted by Gasteiger charge is -2.03. The number of aliphatic hydroxyl groups excluding tert-OH is 1. The van der Waals surface area contributed by atoms with Crippen LogP contribution in [0.4, 0.5) is 0 Å². The number of aliphatic hydroxyl groups is 1. The van der Waals surface area contributed by atoms with Crippen molar-refractivity contribution in [2.45, 2.75) is 33.3 Å². The quantitative estimate of drug-likeness (QED) is 0.568. The van der Waals surface area contributed by atoms with Crippen molar-refractivity contribution in [3.8, 4) is 0 Å². The van der Waals surface area contributed by atoms with Gasteiger partial charge in [-0.25, -0.2) is 0 Å². The molecular formula is C17H24O2. The minimum absolute atomic E-state index is 0.156. The van der Waals surface area contributed by atoms with Gasteiger partial charge >= 0.3 is 0 Å². The van der Waals surface area contributed by atoms with Gasteiger partial charge in [-0.2, -0.15) is 0 Å². The molecule has 1 aromatic carbocycles. The van der Waals surface area contributed by atoms with Crippen molar-refractivity contribution in [3.05, 3.63) is 59.2 Å². The van der Waals surface area contributed by atoms with Crippen LogP contribution in [0.2, 0.25) is 0 Å². The van der Waals surface area contributed by atoms with Gasteiger partial charge in [0.05, 0.1) is 19.8 Å². The molecule has 0 fully saturated rings. The van der Waals surface area contributed by atoms with E-state index in [4.69, 9.17) is 9.84 Å². The van der Waals surface area contributed by atoms with Gasteiger partial charge in [-0.3, -0.25) is 0 Å². The molecule has 2 heteroatoms. The van der Waals surface area contributed by atoms with Gasteiger partial charge in [0.15, 0.2) is 0 Å². The third kappa shape index (κ3) is 7.60. The first-order valence-corrected chi connectivity index (χ1v) is 6.76. The van der Waals surface area contributed by atoms with Crippen molar-refractivity contribution < 1.29 is 9.84 Å². The fourth-order valence-corrected chi connectivity index (χ4v) is 1.67. The maximum atomic E-state index is 8.88. The Bertz CT molecular complexity index is 405. The Labute approximate surface area is 116 Å². The van der Waals surface area contributed by atoms with Crippen LogP contribution in [0, 0.1) is 0 Å². The van der Waals surface area contributed by atoms with Crippen LogP contribution in [0.1, 0.15) is 32.3 Å². The maximum Gasteiger partial charge on any atom is 0.0721 e. The zero-order valence-corrected chi connectivity index (χ0v) is 11.9. The highest BCUT2D eigenvalue weighted by molar-refractivity contribution is 5.13. The lowest BCUT2D eigenvalue weighted by atomic mass is 10.1. The first-order valence-electron chi connectivity index (χ1n) is 6.76. The summed E-state index contributed by atoms with van der Waals surface area (Å²) < 4.78 is 5.61. The minimum Gasteiger partial charge on any atom is -0.392 e. The molecule has 0 saturated heterocycles. The summed E-state index contributed by atoms with van der Waals surface area (Å²) in [5.74, 6) is 0. The van der Waals surface area contributed by atoms with Crippen molar-refractivity contribution in [1.82, 2.24) is 0 Å². The molecule has 0 saturated carbocycles. The van der Waals surface area contributed by atoms with Crippen LogP contribution in [-0.2, 0) is 11.3 Å². The summed E-state index contributed by atoms with van der Waals surface area (Å²) in [4.78, 5) is 0. The van der Waals surface area contributed by atoms with E-state index in [2.05, 4.69) is 31.2 Å². The number of rotatable bonds is 8. The van der Waals surface area contributed by atoms with Gasteiger partial charge in [0, 0.05) is 0 Å². The van der Waals surface area contributed by atoms with Gasteiger partial charge in [0.2, 0.25) is 0 Å². The summed E-state index contributed by atoms with van der Waals surface area (Å²) in [6.45, 7) is 5.54. The van der Waals surface area contributed by atoms with Gasteiger partial charge in [0.1, 0.15) is 0 Å². The first kappa shape index (κ1) is 15.7. The van der Waals surface area contributed by atoms with Gasteiger partial charge in [0.25, 0.3) is 0 Å². The molecule has 0 aromatic heterocycles. The van der Waals surface area contributed by atoms with Crippen molar-refractivity contribution in [2.75, 3.05) is 13.2 Å². The maximum absolute atomic E-state index is 8.88. The Balaban J connectivity index is 2.18. The summed E-state index contributed by atoms with van der Waals surface area (Å²) in [5, 5.41) is 8.88. The molecule has 0 radical (unpaired) electrons. The smallest absolute Gasteiger partial charge is 0.0721 e. The lowest BCUT2D eigenvalue weighted by Crippen LogP contribution is -1.93. The molecular weight excluding hydrogens is 236 g/mol. The summed E-state index contributed by atoms with van der Waals surface area (Å²) in [6.07, 6.45) is 6.21. The molecule has 0 amide bonds. The Morgan fingerprint density at radius 2 is 1.84 bits per heavy atom. The van der Waals surface area contributed by atoms with Gasteiger partial charge in [-0.05, 0) is 32.3 Å². The Morgan fingerprint density at radius 3 is 2.53 bits per heavy atom. The molecule has 0 atom stereocenters. The molecule has 0 aliphatic rings. The van der Waals surface area contributed by atoms with Gasteiger partial charge < -0.3 is 9.84 Å². The average Bonchev–Trinajstić information content (AvgIpc) is 2.44. The topological polar surface area (TPSA) is 29.5 Å². The molecule has 0 bridgehead atoms. The molecule has 0 unspecified atom stereocenters. The first-order chi connectivity index (χ1) is 9.22. The zero-order chi connectivity index (χ0) is 13.9. The highest BCUT2D eigenvalue weighted by Crippen LogP contribution is 2.07. The summed E-state index contributed by atoms with van der Waals surface area (Å²) in [5.41, 5.74) is 3.57. The Hall–Kier alpha value is -1.38. The van der Waals surface area contributed by atoms with E-state index >= 15 is 0 Å². The molecule has 0 aliphatic carbocycles. The molecule has 1 aromatic rings. The van der Waals surface area contributed by atoms with E-state index in [0.29, 0.717) is 13.2 Å². The molecule has 0 spiro atoms. The normalized spacial score (nSPS) is 12.8. The average molecular weight is 260 g/mol. The van der Waals surface area contributed by atoms with Crippen LogP contribution in [0.3, 0.4) is 0 Å². The molecule has 104 valence electrons. The van der Waals surface area contributed by atoms with E-state index in [1.54, 1.807) is 0 Å². The Morgan fingerprint density at radius 1 is 1.11 bits per heavy atom. The zero-order valence-electron chi connectivity index (χ0n) is 11.9. The molecule has 1 rings (SSSR count). The molecule has 19 heavy (non-hydrogen) atoms. The van der Waals surface area contributed by atoms with E-state index in [1.807, 2.05) is 25.1 Å². The van der Waals surface area contributed by atoms with E-state index in [1.165, 1.54) is 11.1 Å². The second-order valence-corrected chi connectivity index (χ2v) is 4.80. The summed E-state index contributed by atoms with van der Waals surface area (Å²) in [7, 11) is 0. The van der Waals surface area contributed by atoms with Crippen molar-refractivity contribution in [2.24, 2.45) is 0 Å². The number of allylic oxidation sites excluding steroid dienone is 2. The number of benzene rings is 1. The number of ether oxygens (including phenoxy) is 1. The lowest BCUT2D eigenvalue weighted by molar-refractivity contribution is 0.148. The van der Waals surface area contributed by atoms with Crippen LogP contribution in [0.15, 0.2) is 53.6 Å². The number of hydrogen-bond acceptors (Lipinski definition) is 2. The van der Waals surface area contributed by atoms with E-state index in [-0.39, 0.29) is 6.61 Å². The minimum atomic E-state index is 0.156. The largest absolute Gasteiger partial charge is 0.392 e. The fraction of sp³-hybridized carbons (Fsp3) is 0.412. The molecule has 2 nitrogen and oxygen atoms in total. The standard InChI is InChI=1S/C17H24O2/c1-15(7-6-8-16(2)13-18)11-12-19-14-17-9-4-3-5-10-17/h3-5,8-11,18H,6-7,12-14H2,1-2H3/b15-11+,16-8-. The monoisotopic (exact) mass is 260 g/mol. The summed E-state index contributed by atoms with van der Waals surface area (Å²) in [6, 6.07) is 10.2. The van der Waals surface area contributed by atoms with Crippen LogP contribution in [0.5, 0.6) is 0 Å². The van der Waals surface area contributed by atoms with Gasteiger partial charge in [-0.15, -0.1) is 0 Å². The van der Waals surface area contributed by atoms with Crippen LogP contribution < -0.4 is 0 Å². The fourth-order valence-electron chi connectivity index (χ4n) is 1.67. The predicted octanol–water partition coefficient (Wildman–Crippen LogP) is 3.87. The predicted molar refractivity (Wildman–Crippen MR) is 79.9 cm³/mol. The SMILES string of the molecule is C/C(=C/CC/C(C)=C/COCc1ccccc1)CO. The molecule has 0 aliphatic heterocycles. The van der Waals surface area contributed by atoms with E-state index < -0.39 is 0 Å². The molecule has 1 N–H and O–H groups in total. The summed E-state index contributed by atoms with van der Waals surface area (Å²) >= 11 is 0. The third-order valence-corrected chi connectivity index (χ3v) is 2.94.